The second-order valence-electron chi connectivity index (χ2n) is 5.82. The Kier molecular flexibility index (Phi) is 14.6. The number of hydrogen-bond acceptors (Lipinski definition) is 10. The summed E-state index contributed by atoms with van der Waals surface area (Å²) in [5.41, 5.74) is 0. The maximum absolute atomic E-state index is 12.0. The molecule has 2 unspecified atom stereocenters. The fourth-order valence-corrected chi connectivity index (χ4v) is 10.5. The standard InChI is InChI=1S/2C8H16NO3PS2/c2*1-4-11-13(10,12-5-2)9-8-14-6-7(3)15-8/h2*7H,4-6H2,1-3H3/b2*9-8+. The van der Waals surface area contributed by atoms with Crippen LogP contribution >= 0.6 is 62.5 Å². The molecule has 2 rings (SSSR count). The molecule has 176 valence electrons. The van der Waals surface area contributed by atoms with E-state index < -0.39 is 15.5 Å². The first-order valence-electron chi connectivity index (χ1n) is 9.76. The smallest absolute Gasteiger partial charge is 0.291 e. The summed E-state index contributed by atoms with van der Waals surface area (Å²) in [6.07, 6.45) is 0. The highest BCUT2D eigenvalue weighted by atomic mass is 32.2. The molecule has 2 heterocycles. The second kappa shape index (κ2) is 15.0. The highest BCUT2D eigenvalue weighted by Gasteiger charge is 2.28. The first-order chi connectivity index (χ1) is 14.2. The van der Waals surface area contributed by atoms with E-state index >= 15 is 0 Å². The van der Waals surface area contributed by atoms with E-state index in [0.717, 1.165) is 20.3 Å². The zero-order valence-corrected chi connectivity index (χ0v) is 23.3. The quantitative estimate of drug-likeness (QED) is 0.277. The van der Waals surface area contributed by atoms with E-state index in [1.165, 1.54) is 0 Å². The van der Waals surface area contributed by atoms with E-state index in [2.05, 4.69) is 23.4 Å². The van der Waals surface area contributed by atoms with Crippen LogP contribution in [0.15, 0.2) is 9.53 Å². The molecule has 0 bridgehead atoms. The van der Waals surface area contributed by atoms with Crippen LogP contribution < -0.4 is 0 Å². The fourth-order valence-electron chi connectivity index (χ4n) is 2.01. The lowest BCUT2D eigenvalue weighted by atomic mass is 10.6. The molecule has 2 atom stereocenters. The molecule has 30 heavy (non-hydrogen) atoms. The lowest BCUT2D eigenvalue weighted by molar-refractivity contribution is 0.220. The van der Waals surface area contributed by atoms with Gasteiger partial charge in [0.1, 0.15) is 8.75 Å². The van der Waals surface area contributed by atoms with Crippen molar-refractivity contribution >= 4 is 71.3 Å². The summed E-state index contributed by atoms with van der Waals surface area (Å²) < 4.78 is 54.2. The molecule has 2 aliphatic rings. The van der Waals surface area contributed by atoms with Crippen LogP contribution in [0, 0.1) is 0 Å². The number of thioether (sulfide) groups is 4. The molecule has 8 nitrogen and oxygen atoms in total. The van der Waals surface area contributed by atoms with Crippen molar-refractivity contribution in [3.63, 3.8) is 0 Å². The first-order valence-corrected chi connectivity index (χ1v) is 16.5. The van der Waals surface area contributed by atoms with Crippen LogP contribution in [-0.4, -0.2) is 57.2 Å². The highest BCUT2D eigenvalue weighted by Crippen LogP contribution is 2.53. The molecule has 0 aromatic rings. The van der Waals surface area contributed by atoms with Gasteiger partial charge in [0.05, 0.1) is 26.4 Å². The van der Waals surface area contributed by atoms with Gasteiger partial charge in [-0.05, 0) is 27.7 Å². The van der Waals surface area contributed by atoms with Gasteiger partial charge in [0, 0.05) is 22.0 Å². The van der Waals surface area contributed by atoms with Gasteiger partial charge in [-0.25, -0.2) is 9.13 Å². The third kappa shape index (κ3) is 11.3. The molecule has 0 radical (unpaired) electrons. The third-order valence-corrected chi connectivity index (χ3v) is 12.3. The van der Waals surface area contributed by atoms with Crippen LogP contribution in [-0.2, 0) is 27.2 Å². The zero-order valence-electron chi connectivity index (χ0n) is 18.3. The van der Waals surface area contributed by atoms with Gasteiger partial charge in [-0.2, -0.15) is 9.53 Å². The molecular weight excluding hydrogens is 506 g/mol. The molecule has 0 spiro atoms. The van der Waals surface area contributed by atoms with Crippen molar-refractivity contribution in [3.8, 4) is 0 Å². The number of hydrogen-bond donors (Lipinski definition) is 0. The van der Waals surface area contributed by atoms with Crippen molar-refractivity contribution in [3.05, 3.63) is 0 Å². The van der Waals surface area contributed by atoms with Crippen molar-refractivity contribution in [1.82, 2.24) is 0 Å². The third-order valence-electron chi connectivity index (χ3n) is 3.06. The number of rotatable bonds is 10. The predicted octanol–water partition coefficient (Wildman–Crippen LogP) is 6.78. The molecular formula is C16H32N2O6P2S4. The van der Waals surface area contributed by atoms with Crippen LogP contribution in [0.2, 0.25) is 0 Å². The van der Waals surface area contributed by atoms with Crippen molar-refractivity contribution in [2.45, 2.75) is 52.0 Å². The van der Waals surface area contributed by atoms with Gasteiger partial charge in [-0.3, -0.25) is 18.1 Å². The van der Waals surface area contributed by atoms with Gasteiger partial charge in [-0.1, -0.05) is 60.9 Å². The SMILES string of the molecule is CCOP(=O)(/N=C1\SCC(C)S1)OCC.CCOP(=O)(/N=C1\SCC(C)S1)OCC. The maximum Gasteiger partial charge on any atom is 0.455 e. The van der Waals surface area contributed by atoms with Crippen LogP contribution in [0.3, 0.4) is 0 Å². The van der Waals surface area contributed by atoms with Gasteiger partial charge < -0.3 is 0 Å². The van der Waals surface area contributed by atoms with Crippen LogP contribution in [0.4, 0.5) is 0 Å². The summed E-state index contributed by atoms with van der Waals surface area (Å²) in [7, 11) is -6.50. The minimum absolute atomic E-state index is 0.346. The molecule has 14 heteroatoms. The molecule has 0 aliphatic carbocycles. The van der Waals surface area contributed by atoms with Crippen molar-refractivity contribution in [2.75, 3.05) is 37.9 Å². The monoisotopic (exact) mass is 538 g/mol. The maximum atomic E-state index is 12.0. The summed E-state index contributed by atoms with van der Waals surface area (Å²) in [6, 6.07) is 0. The first kappa shape index (κ1) is 29.1. The zero-order chi connectivity index (χ0) is 22.6. The lowest BCUT2D eigenvalue weighted by Gasteiger charge is -2.11. The van der Waals surface area contributed by atoms with E-state index in [0.29, 0.717) is 36.9 Å². The van der Waals surface area contributed by atoms with Gasteiger partial charge >= 0.3 is 15.5 Å². The Hall–Kier alpha value is 1.04. The normalized spacial score (nSPS) is 25.0. The Bertz CT molecular complexity index is 606. The Morgan fingerprint density at radius 3 is 1.23 bits per heavy atom. The predicted molar refractivity (Wildman–Crippen MR) is 136 cm³/mol. The van der Waals surface area contributed by atoms with E-state index in [9.17, 15) is 9.13 Å². The fraction of sp³-hybridized carbons (Fsp3) is 0.875. The van der Waals surface area contributed by atoms with Gasteiger partial charge in [0.2, 0.25) is 0 Å². The van der Waals surface area contributed by atoms with E-state index in [1.54, 1.807) is 74.7 Å². The molecule has 0 aromatic carbocycles. The van der Waals surface area contributed by atoms with Crippen LogP contribution in [0.25, 0.3) is 0 Å². The van der Waals surface area contributed by atoms with E-state index in [4.69, 9.17) is 18.1 Å². The molecule has 0 saturated carbocycles. The Morgan fingerprint density at radius 1 is 0.733 bits per heavy atom. The minimum atomic E-state index is -3.25. The van der Waals surface area contributed by atoms with Gasteiger partial charge in [0.15, 0.2) is 0 Å². The van der Waals surface area contributed by atoms with E-state index in [1.807, 2.05) is 0 Å². The average molecular weight is 539 g/mol. The van der Waals surface area contributed by atoms with E-state index in [-0.39, 0.29) is 0 Å². The Balaban J connectivity index is 0.000000300. The molecule has 2 fully saturated rings. The van der Waals surface area contributed by atoms with Crippen LogP contribution in [0.1, 0.15) is 41.5 Å². The highest BCUT2D eigenvalue weighted by molar-refractivity contribution is 8.42. The summed E-state index contributed by atoms with van der Waals surface area (Å²) >= 11 is 6.47. The molecule has 0 N–H and O–H groups in total. The summed E-state index contributed by atoms with van der Waals surface area (Å²) in [5, 5.41) is 1.04. The lowest BCUT2D eigenvalue weighted by Crippen LogP contribution is -1.95. The summed E-state index contributed by atoms with van der Waals surface area (Å²) in [5.74, 6) is 2.00. The largest absolute Gasteiger partial charge is 0.455 e. The van der Waals surface area contributed by atoms with Crippen molar-refractivity contribution in [1.29, 1.82) is 0 Å². The summed E-state index contributed by atoms with van der Waals surface area (Å²) in [6.45, 7) is 12.7. The Morgan fingerprint density at radius 2 is 1.03 bits per heavy atom. The molecule has 0 amide bonds. The minimum Gasteiger partial charge on any atom is -0.291 e. The van der Waals surface area contributed by atoms with Gasteiger partial charge in [-0.15, -0.1) is 0 Å². The Labute approximate surface area is 197 Å². The molecule has 2 saturated heterocycles. The van der Waals surface area contributed by atoms with Crippen LogP contribution in [0.5, 0.6) is 0 Å². The second-order valence-corrected chi connectivity index (χ2v) is 14.5. The van der Waals surface area contributed by atoms with Crippen molar-refractivity contribution < 1.29 is 27.2 Å². The van der Waals surface area contributed by atoms with Crippen molar-refractivity contribution in [2.24, 2.45) is 9.53 Å². The average Bonchev–Trinajstić information content (AvgIpc) is 3.23. The molecule has 2 aliphatic heterocycles. The number of nitrogens with zero attached hydrogens (tertiary/aromatic N) is 2. The molecule has 0 aromatic heterocycles. The van der Waals surface area contributed by atoms with Gasteiger partial charge in [0.25, 0.3) is 0 Å². The topological polar surface area (TPSA) is 95.8 Å². The summed E-state index contributed by atoms with van der Waals surface area (Å²) in [4.78, 5) is 0.